The van der Waals surface area contributed by atoms with Crippen LogP contribution in [0.4, 0.5) is 4.79 Å². The first-order valence-corrected chi connectivity index (χ1v) is 8.70. The van der Waals surface area contributed by atoms with Gasteiger partial charge in [0.1, 0.15) is 11.7 Å². The molecule has 1 aromatic rings. The average Bonchev–Trinajstić information content (AvgIpc) is 2.65. The molecule has 0 spiro atoms. The van der Waals surface area contributed by atoms with Crippen molar-refractivity contribution in [2.45, 2.75) is 38.9 Å². The zero-order chi connectivity index (χ0) is 15.8. The van der Waals surface area contributed by atoms with Crippen molar-refractivity contribution in [3.63, 3.8) is 0 Å². The van der Waals surface area contributed by atoms with E-state index in [-0.39, 0.29) is 12.2 Å². The van der Waals surface area contributed by atoms with Gasteiger partial charge >= 0.3 is 6.09 Å². The minimum Gasteiger partial charge on any atom is -0.444 e. The molecule has 4 nitrogen and oxygen atoms in total. The molecule has 2 heterocycles. The van der Waals surface area contributed by atoms with Gasteiger partial charge in [0.25, 0.3) is 0 Å². The van der Waals surface area contributed by atoms with Crippen LogP contribution in [-0.2, 0) is 15.9 Å². The second kappa shape index (κ2) is 6.44. The third-order valence-electron chi connectivity index (χ3n) is 3.04. The summed E-state index contributed by atoms with van der Waals surface area (Å²) in [6, 6.07) is 0. The second-order valence-corrected chi connectivity index (χ2v) is 8.75. The Morgan fingerprint density at radius 1 is 1.57 bits per heavy atom. The number of nitrogens with zero attached hydrogens (tertiary/aromatic N) is 1. The number of halogens is 2. The average molecular weight is 397 g/mol. The van der Waals surface area contributed by atoms with E-state index in [1.807, 2.05) is 20.8 Å². The van der Waals surface area contributed by atoms with E-state index < -0.39 is 5.60 Å². The van der Waals surface area contributed by atoms with Crippen molar-refractivity contribution >= 4 is 45.0 Å². The van der Waals surface area contributed by atoms with Crippen LogP contribution in [0, 0.1) is 0 Å². The lowest BCUT2D eigenvalue weighted by Gasteiger charge is -2.29. The molecule has 0 bridgehead atoms. The summed E-state index contributed by atoms with van der Waals surface area (Å²) in [6.07, 6.45) is 0.308. The Balaban J connectivity index is 2.08. The Hall–Kier alpha value is -0.300. The first-order valence-electron chi connectivity index (χ1n) is 6.71. The van der Waals surface area contributed by atoms with Gasteiger partial charge in [-0.3, -0.25) is 0 Å². The highest BCUT2D eigenvalue weighted by atomic mass is 79.9. The summed E-state index contributed by atoms with van der Waals surface area (Å²) in [5, 5.41) is 0.767. The summed E-state index contributed by atoms with van der Waals surface area (Å²) in [5.41, 5.74) is 0.626. The smallest absolute Gasteiger partial charge is 0.410 e. The van der Waals surface area contributed by atoms with Crippen LogP contribution in [-0.4, -0.2) is 36.8 Å². The third-order valence-corrected chi connectivity index (χ3v) is 5.79. The van der Waals surface area contributed by atoms with Crippen molar-refractivity contribution < 1.29 is 14.3 Å². The molecule has 1 aliphatic rings. The molecule has 0 aromatic carbocycles. The van der Waals surface area contributed by atoms with E-state index in [0.717, 1.165) is 25.7 Å². The number of amides is 1. The number of carbonyl (C=O) groups excluding carboxylic acids is 1. The molecule has 118 valence electrons. The summed E-state index contributed by atoms with van der Waals surface area (Å²) in [4.78, 5) is 14.7. The molecular formula is C14H19BrClNO3S. The standard InChI is InChI=1S/C14H19BrClNO3S/c1-14(2,3)20-13(18)17(4)7-9-11-8(5-6-19-9)10(16)12(15)21-11/h9H,5-7H2,1-4H3/t9-/m0/s1. The van der Waals surface area contributed by atoms with Gasteiger partial charge in [0.2, 0.25) is 0 Å². The molecule has 0 saturated carbocycles. The molecule has 0 N–H and O–H groups in total. The van der Waals surface area contributed by atoms with Crippen LogP contribution in [0.25, 0.3) is 0 Å². The van der Waals surface area contributed by atoms with Gasteiger partial charge in [0.15, 0.2) is 0 Å². The maximum Gasteiger partial charge on any atom is 0.410 e. The van der Waals surface area contributed by atoms with Gasteiger partial charge in [-0.05, 0) is 48.7 Å². The van der Waals surface area contributed by atoms with E-state index in [9.17, 15) is 4.79 Å². The summed E-state index contributed by atoms with van der Waals surface area (Å²) < 4.78 is 12.1. The zero-order valence-electron chi connectivity index (χ0n) is 12.5. The normalized spacial score (nSPS) is 18.3. The number of hydrogen-bond donors (Lipinski definition) is 0. The largest absolute Gasteiger partial charge is 0.444 e. The van der Waals surface area contributed by atoms with Crippen LogP contribution in [0.5, 0.6) is 0 Å². The number of likely N-dealkylation sites (N-methyl/N-ethyl adjacent to an activating group) is 1. The highest BCUT2D eigenvalue weighted by Gasteiger charge is 2.30. The SMILES string of the molecule is CN(C[C@@H]1OCCc2c1sc(Br)c2Cl)C(=O)OC(C)(C)C. The van der Waals surface area contributed by atoms with Crippen LogP contribution in [0.3, 0.4) is 0 Å². The fourth-order valence-corrected chi connectivity index (χ4v) is 4.24. The lowest BCUT2D eigenvalue weighted by Crippen LogP contribution is -2.37. The molecule has 0 aliphatic carbocycles. The number of carbonyl (C=O) groups is 1. The summed E-state index contributed by atoms with van der Waals surface area (Å²) >= 11 is 11.3. The van der Waals surface area contributed by atoms with Crippen molar-refractivity contribution in [3.05, 3.63) is 19.2 Å². The maximum absolute atomic E-state index is 12.0. The summed E-state index contributed by atoms with van der Waals surface area (Å²) in [7, 11) is 1.72. The molecule has 0 unspecified atom stereocenters. The number of hydrogen-bond acceptors (Lipinski definition) is 4. The van der Waals surface area contributed by atoms with Gasteiger partial charge in [-0.15, -0.1) is 11.3 Å². The Kier molecular flexibility index (Phi) is 5.23. The Bertz CT molecular complexity index is 541. The number of fused-ring (bicyclic) bond motifs is 1. The molecule has 7 heteroatoms. The fraction of sp³-hybridized carbons (Fsp3) is 0.643. The lowest BCUT2D eigenvalue weighted by atomic mass is 10.1. The monoisotopic (exact) mass is 395 g/mol. The number of rotatable bonds is 2. The number of ether oxygens (including phenoxy) is 2. The van der Waals surface area contributed by atoms with Gasteiger partial charge in [-0.1, -0.05) is 11.6 Å². The van der Waals surface area contributed by atoms with Crippen molar-refractivity contribution in [1.82, 2.24) is 4.90 Å². The third kappa shape index (κ3) is 4.12. The Morgan fingerprint density at radius 3 is 2.86 bits per heavy atom. The minimum absolute atomic E-state index is 0.153. The molecule has 1 amide bonds. The molecule has 1 aliphatic heterocycles. The maximum atomic E-state index is 12.0. The molecule has 0 saturated heterocycles. The highest BCUT2D eigenvalue weighted by Crippen LogP contribution is 2.43. The Morgan fingerprint density at radius 2 is 2.24 bits per heavy atom. The summed E-state index contributed by atoms with van der Waals surface area (Å²) in [5.74, 6) is 0. The zero-order valence-corrected chi connectivity index (χ0v) is 15.7. The van der Waals surface area contributed by atoms with Gasteiger partial charge < -0.3 is 14.4 Å². The molecule has 1 atom stereocenters. The lowest BCUT2D eigenvalue weighted by molar-refractivity contribution is -0.000219. The van der Waals surface area contributed by atoms with Crippen LogP contribution in [0.2, 0.25) is 5.02 Å². The quantitative estimate of drug-likeness (QED) is 0.730. The molecular weight excluding hydrogens is 378 g/mol. The van der Waals surface area contributed by atoms with Gasteiger partial charge in [0.05, 0.1) is 22.0 Å². The van der Waals surface area contributed by atoms with Crippen molar-refractivity contribution in [2.24, 2.45) is 0 Å². The van der Waals surface area contributed by atoms with Gasteiger partial charge in [-0.25, -0.2) is 4.79 Å². The predicted molar refractivity (Wildman–Crippen MR) is 88.3 cm³/mol. The molecule has 0 fully saturated rings. The van der Waals surface area contributed by atoms with Crippen molar-refractivity contribution in [2.75, 3.05) is 20.2 Å². The van der Waals surface area contributed by atoms with E-state index in [2.05, 4.69) is 15.9 Å². The second-order valence-electron chi connectivity index (χ2n) is 6.00. The van der Waals surface area contributed by atoms with E-state index in [1.54, 1.807) is 23.3 Å². The molecule has 21 heavy (non-hydrogen) atoms. The topological polar surface area (TPSA) is 38.8 Å². The van der Waals surface area contributed by atoms with Crippen LogP contribution < -0.4 is 0 Å². The first-order chi connectivity index (χ1) is 9.69. The summed E-state index contributed by atoms with van der Waals surface area (Å²) in [6.45, 7) is 6.62. The van der Waals surface area contributed by atoms with Crippen LogP contribution in [0.15, 0.2) is 3.79 Å². The first kappa shape index (κ1) is 17.1. The number of thiophene rings is 1. The predicted octanol–water partition coefficient (Wildman–Crippen LogP) is 4.64. The van der Waals surface area contributed by atoms with E-state index in [1.165, 1.54) is 0 Å². The van der Waals surface area contributed by atoms with Crippen molar-refractivity contribution in [1.29, 1.82) is 0 Å². The van der Waals surface area contributed by atoms with Crippen molar-refractivity contribution in [3.8, 4) is 0 Å². The van der Waals surface area contributed by atoms with Crippen LogP contribution >= 0.6 is 38.9 Å². The van der Waals surface area contributed by atoms with E-state index >= 15 is 0 Å². The minimum atomic E-state index is -0.501. The molecule has 2 rings (SSSR count). The van der Waals surface area contributed by atoms with E-state index in [0.29, 0.717) is 13.2 Å². The highest BCUT2D eigenvalue weighted by molar-refractivity contribution is 9.11. The fourth-order valence-electron chi connectivity index (χ4n) is 2.10. The van der Waals surface area contributed by atoms with Gasteiger partial charge in [0, 0.05) is 11.9 Å². The van der Waals surface area contributed by atoms with Crippen LogP contribution in [0.1, 0.15) is 37.3 Å². The van der Waals surface area contributed by atoms with E-state index in [4.69, 9.17) is 21.1 Å². The molecule has 0 radical (unpaired) electrons. The molecule has 1 aromatic heterocycles. The Labute approximate surface area is 142 Å². The van der Waals surface area contributed by atoms with Gasteiger partial charge in [-0.2, -0.15) is 0 Å².